The van der Waals surface area contributed by atoms with Gasteiger partial charge in [0.15, 0.2) is 5.82 Å². The van der Waals surface area contributed by atoms with Crippen molar-refractivity contribution in [3.8, 4) is 23.3 Å². The Balaban J connectivity index is 1.54. The predicted molar refractivity (Wildman–Crippen MR) is 147 cm³/mol. The molecule has 2 aromatic carbocycles. The molecule has 37 heavy (non-hydrogen) atoms. The van der Waals surface area contributed by atoms with Gasteiger partial charge in [-0.05, 0) is 81.6 Å². The summed E-state index contributed by atoms with van der Waals surface area (Å²) < 4.78 is 6.01. The van der Waals surface area contributed by atoms with Gasteiger partial charge in [0.05, 0.1) is 11.9 Å². The van der Waals surface area contributed by atoms with Crippen LogP contribution < -0.4 is 21.1 Å². The fourth-order valence-electron chi connectivity index (χ4n) is 3.36. The largest absolute Gasteiger partial charge is 0.457 e. The molecule has 186 valence electrons. The van der Waals surface area contributed by atoms with Crippen molar-refractivity contribution in [2.24, 2.45) is 16.1 Å². The van der Waals surface area contributed by atoms with Crippen molar-refractivity contribution in [1.29, 1.82) is 0 Å². The summed E-state index contributed by atoms with van der Waals surface area (Å²) in [5.74, 6) is 7.55. The zero-order chi connectivity index (χ0) is 26.4. The number of anilines is 3. The highest BCUT2D eigenvalue weighted by atomic mass is 16.5. The van der Waals surface area contributed by atoms with Crippen molar-refractivity contribution in [2.75, 3.05) is 10.6 Å². The average molecular weight is 494 g/mol. The Morgan fingerprint density at radius 3 is 2.62 bits per heavy atom. The molecule has 4 N–H and O–H groups in total. The Kier molecular flexibility index (Phi) is 7.30. The van der Waals surface area contributed by atoms with Crippen LogP contribution in [-0.2, 0) is 4.79 Å². The molecule has 0 atom stereocenters. The molecule has 0 aliphatic carbocycles. The minimum Gasteiger partial charge on any atom is -0.457 e. The van der Waals surface area contributed by atoms with Crippen LogP contribution in [0.1, 0.15) is 26.3 Å². The van der Waals surface area contributed by atoms with E-state index in [0.717, 1.165) is 22.2 Å². The molecular formula is C28H27N7O2. The quantitative estimate of drug-likeness (QED) is 0.184. The number of benzene rings is 2. The van der Waals surface area contributed by atoms with E-state index in [1.165, 1.54) is 12.7 Å². The monoisotopic (exact) mass is 493 g/mol. The minimum atomic E-state index is -0.372. The maximum Gasteiger partial charge on any atom is 0.300 e. The first-order valence-electron chi connectivity index (χ1n) is 11.5. The molecule has 0 saturated carbocycles. The van der Waals surface area contributed by atoms with E-state index in [1.807, 2.05) is 58.0 Å². The van der Waals surface area contributed by atoms with Gasteiger partial charge in [0, 0.05) is 34.4 Å². The highest BCUT2D eigenvalue weighted by Crippen LogP contribution is 2.31. The number of fused-ring (bicyclic) bond motifs is 1. The van der Waals surface area contributed by atoms with Crippen LogP contribution in [-0.4, -0.2) is 27.2 Å². The predicted octanol–water partition coefficient (Wildman–Crippen LogP) is 5.48. The number of aliphatic imine (C=N–C) groups is 1. The number of hydrogen-bond donors (Lipinski definition) is 3. The third-order valence-electron chi connectivity index (χ3n) is 5.03. The van der Waals surface area contributed by atoms with E-state index >= 15 is 0 Å². The van der Waals surface area contributed by atoms with Crippen LogP contribution in [0.2, 0.25) is 0 Å². The molecule has 0 fully saturated rings. The molecule has 4 aromatic rings. The normalized spacial score (nSPS) is 11.1. The van der Waals surface area contributed by atoms with Crippen molar-refractivity contribution in [3.63, 3.8) is 0 Å². The molecule has 9 nitrogen and oxygen atoms in total. The third kappa shape index (κ3) is 6.80. The van der Waals surface area contributed by atoms with Crippen LogP contribution in [0.4, 0.5) is 23.0 Å². The zero-order valence-electron chi connectivity index (χ0n) is 21.0. The van der Waals surface area contributed by atoms with E-state index in [9.17, 15) is 4.79 Å². The summed E-state index contributed by atoms with van der Waals surface area (Å²) in [6.45, 7) is 7.80. The second kappa shape index (κ2) is 10.7. The first kappa shape index (κ1) is 25.1. The molecule has 4 rings (SSSR count). The Hall–Kier alpha value is -4.97. The molecule has 9 heteroatoms. The summed E-state index contributed by atoms with van der Waals surface area (Å²) in [7, 11) is 0. The van der Waals surface area contributed by atoms with E-state index in [2.05, 4.69) is 42.4 Å². The summed E-state index contributed by atoms with van der Waals surface area (Å²) in [5.41, 5.74) is 8.16. The molecular weight excluding hydrogens is 466 g/mol. The summed E-state index contributed by atoms with van der Waals surface area (Å²) in [6.07, 6.45) is 4.29. The molecule has 2 aromatic heterocycles. The standard InChI is InChI=1S/C28H27N7O2/c1-18-13-19(6-8-24(18)37-21-10-12-30-25(15-21)31-16-29)35-27-22-14-20(5-7-23(22)32-17-33-27)34-26(36)9-11-28(2,3)4/h5-8,10,12-17H,1-4H3,(H,34,36)(H2,29,30,31)(H,32,33,35). The summed E-state index contributed by atoms with van der Waals surface area (Å²) in [6, 6.07) is 14.6. The van der Waals surface area contributed by atoms with Crippen LogP contribution in [0.5, 0.6) is 11.5 Å². The van der Waals surface area contributed by atoms with Crippen molar-refractivity contribution in [3.05, 3.63) is 66.6 Å². The molecule has 0 spiro atoms. The van der Waals surface area contributed by atoms with E-state index in [1.54, 1.807) is 24.4 Å². The van der Waals surface area contributed by atoms with Gasteiger partial charge in [-0.3, -0.25) is 4.79 Å². The van der Waals surface area contributed by atoms with E-state index < -0.39 is 0 Å². The molecule has 0 aliphatic rings. The number of nitrogens with two attached hydrogens (primary N) is 1. The Bertz CT molecular complexity index is 1550. The van der Waals surface area contributed by atoms with Crippen LogP contribution in [0.25, 0.3) is 10.9 Å². The molecule has 0 unspecified atom stereocenters. The van der Waals surface area contributed by atoms with Gasteiger partial charge in [-0.15, -0.1) is 0 Å². The Labute approximate surface area is 215 Å². The first-order valence-corrected chi connectivity index (χ1v) is 11.5. The highest BCUT2D eigenvalue weighted by Gasteiger charge is 2.10. The fourth-order valence-corrected chi connectivity index (χ4v) is 3.36. The maximum atomic E-state index is 12.3. The van der Waals surface area contributed by atoms with Gasteiger partial charge in [0.25, 0.3) is 5.91 Å². The smallest absolute Gasteiger partial charge is 0.300 e. The minimum absolute atomic E-state index is 0.259. The number of aryl methyl sites for hydroxylation is 1. The second-order valence-corrected chi connectivity index (χ2v) is 9.24. The number of aromatic nitrogens is 3. The summed E-state index contributed by atoms with van der Waals surface area (Å²) >= 11 is 0. The van der Waals surface area contributed by atoms with Crippen molar-refractivity contribution < 1.29 is 9.53 Å². The SMILES string of the molecule is Cc1cc(Nc2ncnc3ccc(NC(=O)C#CC(C)(C)C)cc23)ccc1Oc1ccnc(N=CN)c1. The molecule has 0 aliphatic heterocycles. The summed E-state index contributed by atoms with van der Waals surface area (Å²) in [4.78, 5) is 29.1. The summed E-state index contributed by atoms with van der Waals surface area (Å²) in [5, 5.41) is 6.91. The van der Waals surface area contributed by atoms with Crippen LogP contribution in [0.15, 0.2) is 66.0 Å². The van der Waals surface area contributed by atoms with Crippen LogP contribution in [0, 0.1) is 24.2 Å². The number of ether oxygens (including phenoxy) is 1. The van der Waals surface area contributed by atoms with Crippen LogP contribution >= 0.6 is 0 Å². The van der Waals surface area contributed by atoms with Crippen molar-refractivity contribution >= 4 is 46.2 Å². The lowest BCUT2D eigenvalue weighted by molar-refractivity contribution is -0.111. The maximum absolute atomic E-state index is 12.3. The van der Waals surface area contributed by atoms with Gasteiger partial charge in [-0.2, -0.15) is 0 Å². The number of rotatable bonds is 6. The zero-order valence-corrected chi connectivity index (χ0v) is 21.0. The van der Waals surface area contributed by atoms with Crippen molar-refractivity contribution in [1.82, 2.24) is 15.0 Å². The molecule has 0 bridgehead atoms. The topological polar surface area (TPSA) is 127 Å². The van der Waals surface area contributed by atoms with Gasteiger partial charge in [0.1, 0.15) is 23.6 Å². The first-order chi connectivity index (χ1) is 17.7. The lowest BCUT2D eigenvalue weighted by Gasteiger charge is -2.13. The number of carbonyl (C=O) groups is 1. The second-order valence-electron chi connectivity index (χ2n) is 9.24. The highest BCUT2D eigenvalue weighted by molar-refractivity contribution is 6.05. The van der Waals surface area contributed by atoms with E-state index in [4.69, 9.17) is 10.5 Å². The van der Waals surface area contributed by atoms with Crippen LogP contribution in [0.3, 0.4) is 0 Å². The number of pyridine rings is 1. The lowest BCUT2D eigenvalue weighted by Crippen LogP contribution is -2.10. The lowest BCUT2D eigenvalue weighted by atomic mass is 9.98. The van der Waals surface area contributed by atoms with Crippen molar-refractivity contribution in [2.45, 2.75) is 27.7 Å². The number of carbonyl (C=O) groups excluding carboxylic acids is 1. The number of nitrogens with one attached hydrogen (secondary N) is 2. The fraction of sp³-hybridized carbons (Fsp3) is 0.179. The number of amides is 1. The van der Waals surface area contributed by atoms with Gasteiger partial charge in [0.2, 0.25) is 0 Å². The van der Waals surface area contributed by atoms with Gasteiger partial charge in [-0.25, -0.2) is 19.9 Å². The molecule has 0 radical (unpaired) electrons. The Morgan fingerprint density at radius 2 is 1.86 bits per heavy atom. The molecule has 1 amide bonds. The third-order valence-corrected chi connectivity index (χ3v) is 5.03. The van der Waals surface area contributed by atoms with Gasteiger partial charge in [-0.1, -0.05) is 5.92 Å². The average Bonchev–Trinajstić information content (AvgIpc) is 2.85. The molecule has 2 heterocycles. The molecule has 0 saturated heterocycles. The van der Waals surface area contributed by atoms with E-state index in [-0.39, 0.29) is 11.3 Å². The van der Waals surface area contributed by atoms with Gasteiger partial charge >= 0.3 is 0 Å². The Morgan fingerprint density at radius 1 is 1.05 bits per heavy atom. The number of nitrogens with zero attached hydrogens (tertiary/aromatic N) is 4. The van der Waals surface area contributed by atoms with Gasteiger partial charge < -0.3 is 21.1 Å². The number of hydrogen-bond acceptors (Lipinski definition) is 7. The van der Waals surface area contributed by atoms with E-state index in [0.29, 0.717) is 28.8 Å².